The summed E-state index contributed by atoms with van der Waals surface area (Å²) in [5.41, 5.74) is 5.87. The summed E-state index contributed by atoms with van der Waals surface area (Å²) in [4.78, 5) is 37.9. The van der Waals surface area contributed by atoms with Crippen LogP contribution >= 0.6 is 22.7 Å². The van der Waals surface area contributed by atoms with Gasteiger partial charge in [0, 0.05) is 9.75 Å². The van der Waals surface area contributed by atoms with Crippen molar-refractivity contribution in [2.45, 2.75) is 20.8 Å². The van der Waals surface area contributed by atoms with Crippen molar-refractivity contribution in [1.29, 1.82) is 0 Å². The van der Waals surface area contributed by atoms with E-state index in [1.807, 2.05) is 43.3 Å². The minimum atomic E-state index is -1.03. The van der Waals surface area contributed by atoms with Gasteiger partial charge >= 0.3 is 5.97 Å². The van der Waals surface area contributed by atoms with E-state index < -0.39 is 12.6 Å². The summed E-state index contributed by atoms with van der Waals surface area (Å²) in [6.45, 7) is 4.89. The molecule has 0 bridgehead atoms. The molecule has 0 atom stereocenters. The van der Waals surface area contributed by atoms with Gasteiger partial charge in [-0.1, -0.05) is 48.5 Å². The van der Waals surface area contributed by atoms with Gasteiger partial charge in [0.1, 0.15) is 18.1 Å². The van der Waals surface area contributed by atoms with Crippen molar-refractivity contribution in [1.82, 2.24) is 0 Å². The smallest absolute Gasteiger partial charge is 0.341 e. The van der Waals surface area contributed by atoms with Crippen LogP contribution in [0.2, 0.25) is 0 Å². The van der Waals surface area contributed by atoms with E-state index in [1.165, 1.54) is 22.7 Å². The first-order valence-corrected chi connectivity index (χ1v) is 15.5. The molecule has 222 valence electrons. The van der Waals surface area contributed by atoms with E-state index in [1.54, 1.807) is 26.0 Å². The first kappa shape index (κ1) is 30.7. The van der Waals surface area contributed by atoms with Gasteiger partial charge in [-0.3, -0.25) is 9.59 Å². The molecule has 1 N–H and O–H groups in total. The topological polar surface area (TPSA) is 89.9 Å². The number of carboxylic acids is 1. The van der Waals surface area contributed by atoms with Gasteiger partial charge in [0.15, 0.2) is 18.2 Å². The van der Waals surface area contributed by atoms with Crippen molar-refractivity contribution in [3.8, 4) is 32.4 Å². The predicted octanol–water partition coefficient (Wildman–Crippen LogP) is 8.83. The second-order valence-corrected chi connectivity index (χ2v) is 12.3. The number of rotatable bonds is 12. The SMILES string of the molecule is CC(=O)c1ccc(-c2ccc(C(=CCOc3ccc(OCC(=O)O)c(C)c3)c3ccc(-c4ccc(C(C)=O)s4)cc3)cc2)s1. The number of Topliss-reactive ketones (excluding diaryl/α,β-unsaturated/α-hetero) is 2. The lowest BCUT2D eigenvalue weighted by molar-refractivity contribution is -0.139. The second-order valence-electron chi connectivity index (χ2n) is 10.1. The van der Waals surface area contributed by atoms with Crippen LogP contribution in [-0.4, -0.2) is 35.9 Å². The summed E-state index contributed by atoms with van der Waals surface area (Å²) < 4.78 is 11.4. The first-order chi connectivity index (χ1) is 21.2. The third-order valence-corrected chi connectivity index (χ3v) is 9.37. The van der Waals surface area contributed by atoms with E-state index in [9.17, 15) is 14.4 Å². The molecule has 6 nitrogen and oxygen atoms in total. The third-order valence-electron chi connectivity index (χ3n) is 6.90. The Morgan fingerprint density at radius 2 is 1.23 bits per heavy atom. The molecule has 8 heteroatoms. The molecular weight excluding hydrogens is 593 g/mol. The van der Waals surface area contributed by atoms with Crippen LogP contribution in [0.15, 0.2) is 97.1 Å². The lowest BCUT2D eigenvalue weighted by atomic mass is 9.95. The fourth-order valence-corrected chi connectivity index (χ4v) is 6.44. The summed E-state index contributed by atoms with van der Waals surface area (Å²) in [5.74, 6) is 0.229. The minimum absolute atomic E-state index is 0.0595. The Kier molecular flexibility index (Phi) is 9.53. The molecule has 0 aliphatic rings. The summed E-state index contributed by atoms with van der Waals surface area (Å²) in [7, 11) is 0. The number of hydrogen-bond donors (Lipinski definition) is 1. The fourth-order valence-electron chi connectivity index (χ4n) is 4.63. The number of benzene rings is 3. The molecule has 0 unspecified atom stereocenters. The number of thiophene rings is 2. The highest BCUT2D eigenvalue weighted by molar-refractivity contribution is 7.17. The van der Waals surface area contributed by atoms with Crippen molar-refractivity contribution >= 4 is 45.8 Å². The number of aryl methyl sites for hydroxylation is 1. The van der Waals surface area contributed by atoms with E-state index in [2.05, 4.69) is 48.5 Å². The summed E-state index contributed by atoms with van der Waals surface area (Å²) in [5, 5.41) is 8.88. The maximum absolute atomic E-state index is 11.8. The Balaban J connectivity index is 1.41. The lowest BCUT2D eigenvalue weighted by Crippen LogP contribution is -2.10. The summed E-state index contributed by atoms with van der Waals surface area (Å²) >= 11 is 2.97. The normalized spacial score (nSPS) is 10.7. The van der Waals surface area contributed by atoms with Crippen LogP contribution in [0.5, 0.6) is 11.5 Å². The second kappa shape index (κ2) is 13.7. The molecular formula is C36H30O6S2. The highest BCUT2D eigenvalue weighted by Crippen LogP contribution is 2.33. The van der Waals surface area contributed by atoms with Crippen LogP contribution in [0.1, 0.15) is 49.9 Å². The molecule has 2 aromatic heterocycles. The molecule has 0 fully saturated rings. The van der Waals surface area contributed by atoms with Crippen molar-refractivity contribution in [3.63, 3.8) is 0 Å². The third kappa shape index (κ3) is 7.40. The number of carbonyl (C=O) groups excluding carboxylic acids is 2. The van der Waals surface area contributed by atoms with E-state index in [0.29, 0.717) is 18.1 Å². The number of ether oxygens (including phenoxy) is 2. The van der Waals surface area contributed by atoms with Crippen LogP contribution in [0, 0.1) is 6.92 Å². The van der Waals surface area contributed by atoms with Gasteiger partial charge in [-0.15, -0.1) is 22.7 Å². The molecule has 2 heterocycles. The maximum atomic E-state index is 11.8. The molecule has 44 heavy (non-hydrogen) atoms. The molecule has 0 aliphatic carbocycles. The zero-order valence-electron chi connectivity index (χ0n) is 24.5. The number of carbonyl (C=O) groups is 3. The van der Waals surface area contributed by atoms with Gasteiger partial charge in [0.05, 0.1) is 9.75 Å². The van der Waals surface area contributed by atoms with Crippen molar-refractivity contribution in [3.05, 3.63) is 124 Å². The van der Waals surface area contributed by atoms with Gasteiger partial charge in [-0.2, -0.15) is 0 Å². The number of aliphatic carboxylic acids is 1. The van der Waals surface area contributed by atoms with Crippen molar-refractivity contribution in [2.24, 2.45) is 0 Å². The number of ketones is 2. The molecule has 5 rings (SSSR count). The molecule has 0 radical (unpaired) electrons. The van der Waals surface area contributed by atoms with Gasteiger partial charge in [0.25, 0.3) is 0 Å². The molecule has 5 aromatic rings. The van der Waals surface area contributed by atoms with Gasteiger partial charge in [0.2, 0.25) is 0 Å². The molecule has 0 spiro atoms. The van der Waals surface area contributed by atoms with Crippen LogP contribution in [0.4, 0.5) is 0 Å². The first-order valence-electron chi connectivity index (χ1n) is 13.9. The van der Waals surface area contributed by atoms with E-state index in [-0.39, 0.29) is 11.6 Å². The van der Waals surface area contributed by atoms with Gasteiger partial charge in [-0.05, 0) is 103 Å². The average Bonchev–Trinajstić information content (AvgIpc) is 3.71. The Bertz CT molecular complexity index is 1740. The standard InChI is InChI=1S/C36H30O6S2/c1-22-20-29(12-13-31(22)42-21-36(39)40)41-19-18-30(25-4-8-27(9-5-25)34-16-14-32(43-34)23(2)37)26-6-10-28(11-7-26)35-17-15-33(44-35)24(3)38/h4-18,20H,19,21H2,1-3H3,(H,39,40). The van der Waals surface area contributed by atoms with Crippen LogP contribution in [0.25, 0.3) is 26.5 Å². The van der Waals surface area contributed by atoms with Gasteiger partial charge < -0.3 is 14.6 Å². The molecule has 0 aliphatic heterocycles. The number of carboxylic acid groups (broad SMARTS) is 1. The highest BCUT2D eigenvalue weighted by atomic mass is 32.1. The molecule has 0 saturated heterocycles. The fraction of sp³-hybridized carbons (Fsp3) is 0.139. The minimum Gasteiger partial charge on any atom is -0.489 e. The van der Waals surface area contributed by atoms with E-state index >= 15 is 0 Å². The van der Waals surface area contributed by atoms with E-state index in [0.717, 1.165) is 52.9 Å². The van der Waals surface area contributed by atoms with Gasteiger partial charge in [-0.25, -0.2) is 4.79 Å². The Morgan fingerprint density at radius 1 is 0.705 bits per heavy atom. The Morgan fingerprint density at radius 3 is 1.66 bits per heavy atom. The molecule has 0 saturated carbocycles. The summed E-state index contributed by atoms with van der Waals surface area (Å²) in [6, 6.07) is 29.5. The van der Waals surface area contributed by atoms with Crippen LogP contribution in [0.3, 0.4) is 0 Å². The number of hydrogen-bond acceptors (Lipinski definition) is 7. The summed E-state index contributed by atoms with van der Waals surface area (Å²) in [6.07, 6.45) is 2.03. The average molecular weight is 623 g/mol. The quantitative estimate of drug-likeness (QED) is 0.140. The monoisotopic (exact) mass is 622 g/mol. The van der Waals surface area contributed by atoms with Crippen molar-refractivity contribution in [2.75, 3.05) is 13.2 Å². The highest BCUT2D eigenvalue weighted by Gasteiger charge is 2.12. The van der Waals surface area contributed by atoms with Crippen LogP contribution < -0.4 is 9.47 Å². The molecule has 0 amide bonds. The zero-order valence-corrected chi connectivity index (χ0v) is 26.1. The predicted molar refractivity (Wildman–Crippen MR) is 176 cm³/mol. The Hall–Kier alpha value is -4.79. The lowest BCUT2D eigenvalue weighted by Gasteiger charge is -2.12. The van der Waals surface area contributed by atoms with E-state index in [4.69, 9.17) is 14.6 Å². The molecule has 3 aromatic carbocycles. The Labute approximate surface area is 263 Å². The zero-order chi connectivity index (χ0) is 31.2. The maximum Gasteiger partial charge on any atom is 0.341 e. The van der Waals surface area contributed by atoms with Crippen LogP contribution in [-0.2, 0) is 4.79 Å². The largest absolute Gasteiger partial charge is 0.489 e. The van der Waals surface area contributed by atoms with Crippen molar-refractivity contribution < 1.29 is 29.0 Å².